The summed E-state index contributed by atoms with van der Waals surface area (Å²) in [6.07, 6.45) is 1.73. The SMILES string of the molecule is CC(C)C[C@H]1NC(=O)[C@@H](C)NC(=O)c2cc(on2)CN(C(=O)c2ccc(N3CCCC3=O)cc2)CCNC(=O)[C@@H](Cc2ccccc2)NC1=O. The van der Waals surface area contributed by atoms with Gasteiger partial charge in [0.2, 0.25) is 23.6 Å². The highest BCUT2D eigenvalue weighted by Gasteiger charge is 2.30. The Hall–Kier alpha value is -5.53. The molecule has 14 nitrogen and oxygen atoms in total. The summed E-state index contributed by atoms with van der Waals surface area (Å²) in [5.74, 6) is -2.40. The minimum absolute atomic E-state index is 0.0196. The molecule has 0 radical (unpaired) electrons. The van der Waals surface area contributed by atoms with Crippen molar-refractivity contribution < 1.29 is 33.3 Å². The first-order valence-corrected chi connectivity index (χ1v) is 16.9. The van der Waals surface area contributed by atoms with Gasteiger partial charge < -0.3 is 35.6 Å². The van der Waals surface area contributed by atoms with Crippen molar-refractivity contribution in [2.45, 2.75) is 71.1 Å². The van der Waals surface area contributed by atoms with E-state index in [1.54, 1.807) is 29.2 Å². The van der Waals surface area contributed by atoms with Crippen molar-refractivity contribution in [3.63, 3.8) is 0 Å². The first-order chi connectivity index (χ1) is 24.0. The highest BCUT2D eigenvalue weighted by Crippen LogP contribution is 2.22. The molecule has 3 heterocycles. The summed E-state index contributed by atoms with van der Waals surface area (Å²) >= 11 is 0. The molecule has 5 rings (SSSR count). The van der Waals surface area contributed by atoms with Crippen LogP contribution in [0.25, 0.3) is 0 Å². The normalized spacial score (nSPS) is 21.2. The van der Waals surface area contributed by atoms with Gasteiger partial charge in [0.15, 0.2) is 11.5 Å². The smallest absolute Gasteiger partial charge is 0.274 e. The number of amides is 6. The van der Waals surface area contributed by atoms with Crippen molar-refractivity contribution in [3.8, 4) is 0 Å². The van der Waals surface area contributed by atoms with Crippen LogP contribution in [0.2, 0.25) is 0 Å². The predicted octanol–water partition coefficient (Wildman–Crippen LogP) is 1.95. The molecule has 3 aromatic rings. The van der Waals surface area contributed by atoms with E-state index in [1.165, 1.54) is 17.9 Å². The fourth-order valence-electron chi connectivity index (χ4n) is 5.93. The van der Waals surface area contributed by atoms with Gasteiger partial charge in [0.25, 0.3) is 11.8 Å². The topological polar surface area (TPSA) is 183 Å². The number of fused-ring (bicyclic) bond motifs is 2. The van der Waals surface area contributed by atoms with Crippen LogP contribution in [0.3, 0.4) is 0 Å². The van der Waals surface area contributed by atoms with Crippen LogP contribution >= 0.6 is 0 Å². The first kappa shape index (κ1) is 35.8. The molecule has 2 bridgehead atoms. The summed E-state index contributed by atoms with van der Waals surface area (Å²) in [4.78, 5) is 82.6. The van der Waals surface area contributed by atoms with E-state index in [0.29, 0.717) is 24.2 Å². The van der Waals surface area contributed by atoms with Crippen LogP contribution in [-0.4, -0.2) is 83.3 Å². The zero-order valence-electron chi connectivity index (χ0n) is 28.4. The second-order valence-corrected chi connectivity index (χ2v) is 13.0. The van der Waals surface area contributed by atoms with Gasteiger partial charge in [-0.2, -0.15) is 0 Å². The molecule has 1 aromatic heterocycles. The molecule has 2 aromatic carbocycles. The highest BCUT2D eigenvalue weighted by atomic mass is 16.5. The number of aromatic nitrogens is 1. The number of rotatable bonds is 6. The molecule has 2 aliphatic rings. The molecule has 14 heteroatoms. The van der Waals surface area contributed by atoms with Gasteiger partial charge in [-0.05, 0) is 55.5 Å². The average molecular weight is 686 g/mol. The zero-order chi connectivity index (χ0) is 35.8. The fraction of sp³-hybridized carbons (Fsp3) is 0.417. The summed E-state index contributed by atoms with van der Waals surface area (Å²) < 4.78 is 5.42. The molecule has 2 aliphatic heterocycles. The van der Waals surface area contributed by atoms with Crippen LogP contribution in [0.15, 0.2) is 65.2 Å². The van der Waals surface area contributed by atoms with Gasteiger partial charge in [-0.15, -0.1) is 0 Å². The molecule has 1 fully saturated rings. The maximum absolute atomic E-state index is 13.8. The maximum atomic E-state index is 13.8. The van der Waals surface area contributed by atoms with Crippen molar-refractivity contribution in [1.29, 1.82) is 0 Å². The minimum atomic E-state index is -1.04. The number of carbonyl (C=O) groups is 6. The summed E-state index contributed by atoms with van der Waals surface area (Å²) in [6, 6.07) is 14.3. The Morgan fingerprint density at radius 3 is 2.30 bits per heavy atom. The van der Waals surface area contributed by atoms with Crippen LogP contribution in [-0.2, 0) is 32.1 Å². The Kier molecular flexibility index (Phi) is 11.6. The Labute approximate surface area is 290 Å². The molecule has 0 unspecified atom stereocenters. The van der Waals surface area contributed by atoms with Crippen molar-refractivity contribution in [2.75, 3.05) is 24.5 Å². The van der Waals surface area contributed by atoms with E-state index >= 15 is 0 Å². The minimum Gasteiger partial charge on any atom is -0.359 e. The molecule has 264 valence electrons. The van der Waals surface area contributed by atoms with Gasteiger partial charge >= 0.3 is 0 Å². The molecule has 0 spiro atoms. The third kappa shape index (κ3) is 9.12. The van der Waals surface area contributed by atoms with Crippen LogP contribution < -0.4 is 26.2 Å². The monoisotopic (exact) mass is 685 g/mol. The molecular weight excluding hydrogens is 642 g/mol. The summed E-state index contributed by atoms with van der Waals surface area (Å²) in [5.41, 5.74) is 1.76. The molecule has 3 atom stereocenters. The molecular formula is C36H43N7O7. The number of nitrogens with zero attached hydrogens (tertiary/aromatic N) is 3. The van der Waals surface area contributed by atoms with E-state index in [2.05, 4.69) is 26.4 Å². The molecule has 4 N–H and O–H groups in total. The van der Waals surface area contributed by atoms with Crippen LogP contribution in [0.4, 0.5) is 5.69 Å². The van der Waals surface area contributed by atoms with Gasteiger partial charge in [0, 0.05) is 49.8 Å². The first-order valence-electron chi connectivity index (χ1n) is 16.9. The van der Waals surface area contributed by atoms with Crippen molar-refractivity contribution in [1.82, 2.24) is 31.3 Å². The summed E-state index contributed by atoms with van der Waals surface area (Å²) in [7, 11) is 0. The number of benzene rings is 2. The second-order valence-electron chi connectivity index (χ2n) is 13.0. The molecule has 1 saturated heterocycles. The molecule has 50 heavy (non-hydrogen) atoms. The zero-order valence-corrected chi connectivity index (χ0v) is 28.4. The third-order valence-corrected chi connectivity index (χ3v) is 8.60. The number of carbonyl (C=O) groups excluding carboxylic acids is 6. The lowest BCUT2D eigenvalue weighted by atomic mass is 10.0. The predicted molar refractivity (Wildman–Crippen MR) is 183 cm³/mol. The molecule has 0 saturated carbocycles. The Balaban J connectivity index is 1.42. The highest BCUT2D eigenvalue weighted by molar-refractivity contribution is 5.99. The summed E-state index contributed by atoms with van der Waals surface area (Å²) in [6.45, 7) is 5.90. The standard InChI is InChI=1S/C36H43N7O7/c1-22(2)18-28-34(47)40-29(19-24-8-5-4-6-9-24)33(46)37-15-17-42(21-27-20-30(41-50-27)35(48)38-23(3)32(45)39-28)36(49)25-11-13-26(14-12-25)43-16-7-10-31(43)44/h4-6,8-9,11-14,20,22-23,28-29H,7,10,15-19,21H2,1-3H3,(H,37,46)(H,38,48)(H,39,45)(H,40,47)/t23-,28-,29-/m1/s1. The number of nitrogens with one attached hydrogen (secondary N) is 4. The lowest BCUT2D eigenvalue weighted by Gasteiger charge is -2.26. The van der Waals surface area contributed by atoms with E-state index in [-0.39, 0.29) is 61.7 Å². The fourth-order valence-corrected chi connectivity index (χ4v) is 5.93. The number of hydrogen-bond donors (Lipinski definition) is 4. The maximum Gasteiger partial charge on any atom is 0.274 e. The second kappa shape index (κ2) is 16.2. The van der Waals surface area contributed by atoms with Gasteiger partial charge in [-0.25, -0.2) is 0 Å². The van der Waals surface area contributed by atoms with Crippen LogP contribution in [0.5, 0.6) is 0 Å². The van der Waals surface area contributed by atoms with Crippen molar-refractivity contribution >= 4 is 41.1 Å². The lowest BCUT2D eigenvalue weighted by Crippen LogP contribution is -2.57. The van der Waals surface area contributed by atoms with E-state index in [1.807, 2.05) is 44.2 Å². The van der Waals surface area contributed by atoms with Gasteiger partial charge in [-0.1, -0.05) is 49.3 Å². The quantitative estimate of drug-likeness (QED) is 0.304. The molecule has 0 aliphatic carbocycles. The van der Waals surface area contributed by atoms with E-state index < -0.39 is 41.8 Å². The lowest BCUT2D eigenvalue weighted by molar-refractivity contribution is -0.132. The van der Waals surface area contributed by atoms with Gasteiger partial charge in [0.1, 0.15) is 18.1 Å². The summed E-state index contributed by atoms with van der Waals surface area (Å²) in [5, 5.41) is 14.8. The number of anilines is 1. The Morgan fingerprint density at radius 1 is 0.900 bits per heavy atom. The van der Waals surface area contributed by atoms with E-state index in [0.717, 1.165) is 12.0 Å². The number of hydrogen-bond acceptors (Lipinski definition) is 8. The van der Waals surface area contributed by atoms with Crippen LogP contribution in [0.1, 0.15) is 72.2 Å². The van der Waals surface area contributed by atoms with E-state index in [4.69, 9.17) is 4.52 Å². The van der Waals surface area contributed by atoms with Gasteiger partial charge in [0.05, 0.1) is 6.54 Å². The Morgan fingerprint density at radius 2 is 1.62 bits per heavy atom. The van der Waals surface area contributed by atoms with Gasteiger partial charge in [-0.3, -0.25) is 28.8 Å². The van der Waals surface area contributed by atoms with E-state index in [9.17, 15) is 28.8 Å². The average Bonchev–Trinajstić information content (AvgIpc) is 3.75. The van der Waals surface area contributed by atoms with Crippen molar-refractivity contribution in [2.24, 2.45) is 5.92 Å². The largest absolute Gasteiger partial charge is 0.359 e. The van der Waals surface area contributed by atoms with Crippen molar-refractivity contribution in [3.05, 3.63) is 83.2 Å². The van der Waals surface area contributed by atoms with Crippen LogP contribution in [0, 0.1) is 5.92 Å². The third-order valence-electron chi connectivity index (χ3n) is 8.60. The molecule has 6 amide bonds. The Bertz CT molecular complexity index is 1710.